The number of rotatable bonds is 8. The van der Waals surface area contributed by atoms with Crippen molar-refractivity contribution in [2.75, 3.05) is 6.54 Å². The number of para-hydroxylation sites is 1. The van der Waals surface area contributed by atoms with Gasteiger partial charge in [0.1, 0.15) is 5.75 Å². The minimum absolute atomic E-state index is 0.239. The maximum absolute atomic E-state index is 12.3. The fourth-order valence-electron chi connectivity index (χ4n) is 2.15. The van der Waals surface area contributed by atoms with E-state index in [0.29, 0.717) is 6.54 Å². The monoisotopic (exact) mass is 291 g/mol. The van der Waals surface area contributed by atoms with Crippen molar-refractivity contribution < 1.29 is 13.5 Å². The summed E-state index contributed by atoms with van der Waals surface area (Å²) in [5, 5.41) is 3.26. The standard InChI is InChI=1S/C17H19F2NO/c18-17(19)21-16-11-5-4-10-15(16)13-20-12-6-9-14-7-2-1-3-8-14/h1-5,7-8,10-11,17,20H,6,9,12-13H2. The average molecular weight is 291 g/mol. The summed E-state index contributed by atoms with van der Waals surface area (Å²) >= 11 is 0. The van der Waals surface area contributed by atoms with Crippen molar-refractivity contribution in [2.24, 2.45) is 0 Å². The van der Waals surface area contributed by atoms with Crippen LogP contribution in [0, 0.1) is 0 Å². The zero-order valence-electron chi connectivity index (χ0n) is 11.8. The summed E-state index contributed by atoms with van der Waals surface area (Å²) in [6.45, 7) is -1.43. The van der Waals surface area contributed by atoms with E-state index < -0.39 is 6.61 Å². The van der Waals surface area contributed by atoms with Gasteiger partial charge in [-0.15, -0.1) is 0 Å². The van der Waals surface area contributed by atoms with E-state index in [4.69, 9.17) is 0 Å². The predicted octanol–water partition coefficient (Wildman–Crippen LogP) is 4.01. The fraction of sp³-hybridized carbons (Fsp3) is 0.294. The van der Waals surface area contributed by atoms with Gasteiger partial charge in [-0.1, -0.05) is 48.5 Å². The van der Waals surface area contributed by atoms with E-state index >= 15 is 0 Å². The second-order valence-corrected chi connectivity index (χ2v) is 4.75. The van der Waals surface area contributed by atoms with Crippen molar-refractivity contribution in [3.8, 4) is 5.75 Å². The Morgan fingerprint density at radius 1 is 0.952 bits per heavy atom. The van der Waals surface area contributed by atoms with E-state index in [0.717, 1.165) is 24.9 Å². The van der Waals surface area contributed by atoms with Gasteiger partial charge in [-0.05, 0) is 31.0 Å². The summed E-state index contributed by atoms with van der Waals surface area (Å²) in [6, 6.07) is 17.1. The Kier molecular flexibility index (Phi) is 6.16. The van der Waals surface area contributed by atoms with Crippen molar-refractivity contribution in [1.82, 2.24) is 5.32 Å². The largest absolute Gasteiger partial charge is 0.434 e. The molecule has 2 aromatic rings. The van der Waals surface area contributed by atoms with E-state index in [1.54, 1.807) is 18.2 Å². The Labute approximate surface area is 123 Å². The van der Waals surface area contributed by atoms with Crippen molar-refractivity contribution in [2.45, 2.75) is 26.0 Å². The van der Waals surface area contributed by atoms with E-state index in [1.165, 1.54) is 5.56 Å². The van der Waals surface area contributed by atoms with Gasteiger partial charge in [0.2, 0.25) is 0 Å². The summed E-state index contributed by atoms with van der Waals surface area (Å²) in [5.74, 6) is 0.239. The Morgan fingerprint density at radius 2 is 1.67 bits per heavy atom. The van der Waals surface area contributed by atoms with E-state index in [1.807, 2.05) is 24.3 Å². The number of hydrogen-bond acceptors (Lipinski definition) is 2. The zero-order chi connectivity index (χ0) is 14.9. The third kappa shape index (κ3) is 5.52. The number of ether oxygens (including phenoxy) is 1. The average Bonchev–Trinajstić information content (AvgIpc) is 2.49. The first-order valence-corrected chi connectivity index (χ1v) is 7.03. The van der Waals surface area contributed by atoms with Gasteiger partial charge in [0.05, 0.1) is 0 Å². The van der Waals surface area contributed by atoms with Crippen LogP contribution in [0.3, 0.4) is 0 Å². The Bertz CT molecular complexity index is 531. The number of alkyl halides is 2. The lowest BCUT2D eigenvalue weighted by molar-refractivity contribution is -0.0504. The fourth-order valence-corrected chi connectivity index (χ4v) is 2.15. The molecule has 0 aliphatic carbocycles. The molecule has 0 fully saturated rings. The van der Waals surface area contributed by atoms with Crippen LogP contribution in [-0.4, -0.2) is 13.2 Å². The summed E-state index contributed by atoms with van der Waals surface area (Å²) in [7, 11) is 0. The van der Waals surface area contributed by atoms with Crippen LogP contribution in [0.15, 0.2) is 54.6 Å². The number of hydrogen-bond donors (Lipinski definition) is 1. The van der Waals surface area contributed by atoms with E-state index in [-0.39, 0.29) is 5.75 Å². The molecule has 2 aromatic carbocycles. The smallest absolute Gasteiger partial charge is 0.387 e. The van der Waals surface area contributed by atoms with Gasteiger partial charge in [0.15, 0.2) is 0 Å². The normalized spacial score (nSPS) is 10.8. The first kappa shape index (κ1) is 15.4. The van der Waals surface area contributed by atoms with Crippen molar-refractivity contribution in [3.63, 3.8) is 0 Å². The summed E-state index contributed by atoms with van der Waals surface area (Å²) < 4.78 is 29.1. The molecule has 0 heterocycles. The molecule has 0 amide bonds. The van der Waals surface area contributed by atoms with Gasteiger partial charge in [-0.2, -0.15) is 8.78 Å². The lowest BCUT2D eigenvalue weighted by Crippen LogP contribution is -2.16. The van der Waals surface area contributed by atoms with Crippen LogP contribution >= 0.6 is 0 Å². The molecule has 0 spiro atoms. The van der Waals surface area contributed by atoms with Crippen LogP contribution in [0.1, 0.15) is 17.5 Å². The van der Waals surface area contributed by atoms with Crippen LogP contribution in [0.4, 0.5) is 8.78 Å². The zero-order valence-corrected chi connectivity index (χ0v) is 11.8. The highest BCUT2D eigenvalue weighted by Crippen LogP contribution is 2.19. The molecule has 2 nitrogen and oxygen atoms in total. The summed E-state index contributed by atoms with van der Waals surface area (Å²) in [6.07, 6.45) is 2.00. The molecule has 0 saturated carbocycles. The molecule has 4 heteroatoms. The quantitative estimate of drug-likeness (QED) is 0.742. The van der Waals surface area contributed by atoms with Gasteiger partial charge in [-0.3, -0.25) is 0 Å². The Balaban J connectivity index is 1.73. The molecule has 1 N–H and O–H groups in total. The Morgan fingerprint density at radius 3 is 2.43 bits per heavy atom. The topological polar surface area (TPSA) is 21.3 Å². The van der Waals surface area contributed by atoms with Crippen LogP contribution in [0.2, 0.25) is 0 Å². The first-order valence-electron chi connectivity index (χ1n) is 7.03. The third-order valence-electron chi connectivity index (χ3n) is 3.17. The lowest BCUT2D eigenvalue weighted by Gasteiger charge is -2.11. The van der Waals surface area contributed by atoms with Gasteiger partial charge in [-0.25, -0.2) is 0 Å². The van der Waals surface area contributed by atoms with Gasteiger partial charge < -0.3 is 10.1 Å². The van der Waals surface area contributed by atoms with Gasteiger partial charge >= 0.3 is 6.61 Å². The second kappa shape index (κ2) is 8.37. The molecule has 0 unspecified atom stereocenters. The Hall–Kier alpha value is -1.94. The number of benzene rings is 2. The molecular weight excluding hydrogens is 272 g/mol. The SMILES string of the molecule is FC(F)Oc1ccccc1CNCCCc1ccccc1. The summed E-state index contributed by atoms with van der Waals surface area (Å²) in [5.41, 5.74) is 2.05. The van der Waals surface area contributed by atoms with Gasteiger partial charge in [0.25, 0.3) is 0 Å². The molecule has 112 valence electrons. The first-order chi connectivity index (χ1) is 10.3. The van der Waals surface area contributed by atoms with E-state index in [9.17, 15) is 8.78 Å². The highest BCUT2D eigenvalue weighted by molar-refractivity contribution is 5.33. The van der Waals surface area contributed by atoms with E-state index in [2.05, 4.69) is 22.2 Å². The molecule has 2 rings (SSSR count). The van der Waals surface area contributed by atoms with Gasteiger partial charge in [0, 0.05) is 12.1 Å². The van der Waals surface area contributed by atoms with Crippen LogP contribution in [0.25, 0.3) is 0 Å². The highest BCUT2D eigenvalue weighted by atomic mass is 19.3. The molecule has 0 aromatic heterocycles. The predicted molar refractivity (Wildman–Crippen MR) is 79.5 cm³/mol. The third-order valence-corrected chi connectivity index (χ3v) is 3.17. The second-order valence-electron chi connectivity index (χ2n) is 4.75. The van der Waals surface area contributed by atoms with Crippen LogP contribution < -0.4 is 10.1 Å². The van der Waals surface area contributed by atoms with Crippen molar-refractivity contribution in [3.05, 3.63) is 65.7 Å². The minimum atomic E-state index is -2.79. The maximum atomic E-state index is 12.3. The number of nitrogens with one attached hydrogen (secondary N) is 1. The number of halogens is 2. The molecule has 0 aliphatic rings. The number of aryl methyl sites for hydroxylation is 1. The molecule has 0 atom stereocenters. The molecule has 0 saturated heterocycles. The molecule has 0 aliphatic heterocycles. The molecular formula is C17H19F2NO. The molecule has 0 radical (unpaired) electrons. The maximum Gasteiger partial charge on any atom is 0.387 e. The molecule has 0 bridgehead atoms. The molecule has 21 heavy (non-hydrogen) atoms. The van der Waals surface area contributed by atoms with Crippen LogP contribution in [-0.2, 0) is 13.0 Å². The highest BCUT2D eigenvalue weighted by Gasteiger charge is 2.08. The summed E-state index contributed by atoms with van der Waals surface area (Å²) in [4.78, 5) is 0. The van der Waals surface area contributed by atoms with Crippen LogP contribution in [0.5, 0.6) is 5.75 Å². The lowest BCUT2D eigenvalue weighted by atomic mass is 10.1. The van der Waals surface area contributed by atoms with Crippen molar-refractivity contribution in [1.29, 1.82) is 0 Å². The van der Waals surface area contributed by atoms with Crippen molar-refractivity contribution >= 4 is 0 Å². The minimum Gasteiger partial charge on any atom is -0.434 e.